The van der Waals surface area contributed by atoms with Crippen molar-refractivity contribution in [2.75, 3.05) is 7.11 Å². The summed E-state index contributed by atoms with van der Waals surface area (Å²) in [5.74, 6) is -0.445. The van der Waals surface area contributed by atoms with E-state index in [1.54, 1.807) is 35.0 Å². The van der Waals surface area contributed by atoms with Gasteiger partial charge in [0.15, 0.2) is 0 Å². The molecule has 0 radical (unpaired) electrons. The van der Waals surface area contributed by atoms with Gasteiger partial charge in [-0.15, -0.1) is 0 Å². The summed E-state index contributed by atoms with van der Waals surface area (Å²) in [4.78, 5) is 11.6. The summed E-state index contributed by atoms with van der Waals surface area (Å²) in [7, 11) is 1.32. The van der Waals surface area contributed by atoms with Crippen molar-refractivity contribution in [2.45, 2.75) is 0 Å². The number of carbonyl (C=O) groups is 1. The molecule has 2 rings (SSSR count). The van der Waals surface area contributed by atoms with E-state index < -0.39 is 5.97 Å². The highest BCUT2D eigenvalue weighted by Gasteiger charge is 2.16. The molecule has 5 heteroatoms. The Morgan fingerprint density at radius 3 is 2.83 bits per heavy atom. The minimum atomic E-state index is -0.445. The van der Waals surface area contributed by atoms with Crippen molar-refractivity contribution < 1.29 is 9.53 Å². The molecule has 0 N–H and O–H groups in total. The lowest BCUT2D eigenvalue weighted by Gasteiger charge is -2.11. The van der Waals surface area contributed by atoms with Crippen LogP contribution in [0.15, 0.2) is 41.0 Å². The summed E-state index contributed by atoms with van der Waals surface area (Å²) >= 11 is 3.39. The molecule has 1 aromatic carbocycles. The second kappa shape index (κ2) is 5.07. The average molecular weight is 305 g/mol. The van der Waals surface area contributed by atoms with Crippen LogP contribution >= 0.6 is 15.9 Å². The van der Waals surface area contributed by atoms with E-state index in [0.717, 1.165) is 4.47 Å². The molecule has 0 aliphatic rings. The van der Waals surface area contributed by atoms with Gasteiger partial charge in [-0.25, -0.2) is 4.79 Å². The fourth-order valence-electron chi connectivity index (χ4n) is 1.70. The molecule has 0 unspecified atom stereocenters. The summed E-state index contributed by atoms with van der Waals surface area (Å²) in [6.07, 6.45) is 1.72. The Kier molecular flexibility index (Phi) is 3.49. The van der Waals surface area contributed by atoms with Gasteiger partial charge in [-0.1, -0.05) is 6.07 Å². The first-order valence-corrected chi connectivity index (χ1v) is 5.93. The number of aromatic nitrogens is 1. The van der Waals surface area contributed by atoms with Crippen LogP contribution in [0, 0.1) is 11.3 Å². The van der Waals surface area contributed by atoms with Crippen molar-refractivity contribution in [3.05, 3.63) is 52.3 Å². The molecule has 4 nitrogen and oxygen atoms in total. The van der Waals surface area contributed by atoms with Gasteiger partial charge >= 0.3 is 5.97 Å². The van der Waals surface area contributed by atoms with Gasteiger partial charge in [0, 0.05) is 10.7 Å². The number of nitriles is 1. The fourth-order valence-corrected chi connectivity index (χ4v) is 2.25. The number of nitrogens with zero attached hydrogens (tertiary/aromatic N) is 2. The second-order valence-electron chi connectivity index (χ2n) is 3.50. The Hall–Kier alpha value is -2.06. The largest absolute Gasteiger partial charge is 0.464 e. The van der Waals surface area contributed by atoms with Crippen molar-refractivity contribution in [2.24, 2.45) is 0 Å². The van der Waals surface area contributed by atoms with Gasteiger partial charge in [0.25, 0.3) is 0 Å². The number of rotatable bonds is 2. The highest BCUT2D eigenvalue weighted by atomic mass is 79.9. The number of hydrogen-bond donors (Lipinski definition) is 0. The lowest BCUT2D eigenvalue weighted by atomic mass is 10.2. The number of benzene rings is 1. The first-order chi connectivity index (χ1) is 8.69. The normalized spacial score (nSPS) is 9.83. The van der Waals surface area contributed by atoms with Crippen LogP contribution in [-0.4, -0.2) is 17.6 Å². The number of esters is 1. The SMILES string of the molecule is COC(=O)c1cccn1-c1c(Br)cccc1C#N. The number of para-hydroxylation sites is 1. The van der Waals surface area contributed by atoms with Gasteiger partial charge in [-0.05, 0) is 40.2 Å². The van der Waals surface area contributed by atoms with E-state index in [4.69, 9.17) is 10.00 Å². The van der Waals surface area contributed by atoms with Crippen molar-refractivity contribution in [1.82, 2.24) is 4.57 Å². The number of ether oxygens (including phenoxy) is 1. The Morgan fingerprint density at radius 1 is 1.39 bits per heavy atom. The minimum Gasteiger partial charge on any atom is -0.464 e. The van der Waals surface area contributed by atoms with Gasteiger partial charge < -0.3 is 9.30 Å². The molecule has 0 saturated heterocycles. The quantitative estimate of drug-likeness (QED) is 0.802. The number of hydrogen-bond acceptors (Lipinski definition) is 3. The second-order valence-corrected chi connectivity index (χ2v) is 4.36. The van der Waals surface area contributed by atoms with Gasteiger partial charge in [0.2, 0.25) is 0 Å². The Bertz CT molecular complexity index is 641. The molecule has 0 aliphatic carbocycles. The van der Waals surface area contributed by atoms with E-state index in [1.165, 1.54) is 7.11 Å². The van der Waals surface area contributed by atoms with Crippen LogP contribution in [0.4, 0.5) is 0 Å². The smallest absolute Gasteiger partial charge is 0.355 e. The van der Waals surface area contributed by atoms with Crippen LogP contribution in [0.3, 0.4) is 0 Å². The summed E-state index contributed by atoms with van der Waals surface area (Å²) in [5.41, 5.74) is 1.48. The van der Waals surface area contributed by atoms with Gasteiger partial charge in [-0.2, -0.15) is 5.26 Å². The lowest BCUT2D eigenvalue weighted by Crippen LogP contribution is -2.10. The molecule has 0 spiro atoms. The Balaban J connectivity index is 2.67. The average Bonchev–Trinajstić information content (AvgIpc) is 2.86. The first kappa shape index (κ1) is 12.4. The highest BCUT2D eigenvalue weighted by Crippen LogP contribution is 2.26. The molecular weight excluding hydrogens is 296 g/mol. The van der Waals surface area contributed by atoms with E-state index in [0.29, 0.717) is 16.9 Å². The molecule has 0 amide bonds. The summed E-state index contributed by atoms with van der Waals surface area (Å²) in [6.45, 7) is 0. The molecule has 18 heavy (non-hydrogen) atoms. The number of methoxy groups -OCH3 is 1. The molecule has 1 heterocycles. The molecule has 0 atom stereocenters. The maximum Gasteiger partial charge on any atom is 0.355 e. The van der Waals surface area contributed by atoms with Crippen LogP contribution in [0.1, 0.15) is 16.1 Å². The van der Waals surface area contributed by atoms with Crippen molar-refractivity contribution in [1.29, 1.82) is 5.26 Å². The third-order valence-corrected chi connectivity index (χ3v) is 3.13. The van der Waals surface area contributed by atoms with E-state index in [1.807, 2.05) is 6.07 Å². The molecule has 0 fully saturated rings. The maximum absolute atomic E-state index is 11.6. The molecule has 0 saturated carbocycles. The predicted octanol–water partition coefficient (Wildman–Crippen LogP) is 2.90. The summed E-state index contributed by atoms with van der Waals surface area (Å²) < 4.78 is 7.08. The monoisotopic (exact) mass is 304 g/mol. The molecule has 2 aromatic rings. The van der Waals surface area contributed by atoms with Crippen LogP contribution < -0.4 is 0 Å². The third-order valence-electron chi connectivity index (χ3n) is 2.49. The standard InChI is InChI=1S/C13H9BrN2O2/c1-18-13(17)11-6-3-7-16(11)12-9(8-15)4-2-5-10(12)14/h2-7H,1H3. The molecule has 90 valence electrons. The first-order valence-electron chi connectivity index (χ1n) is 5.13. The number of halogens is 1. The zero-order valence-electron chi connectivity index (χ0n) is 9.55. The van der Waals surface area contributed by atoms with Gasteiger partial charge in [-0.3, -0.25) is 0 Å². The van der Waals surface area contributed by atoms with Crippen LogP contribution in [0.25, 0.3) is 5.69 Å². The highest BCUT2D eigenvalue weighted by molar-refractivity contribution is 9.10. The Morgan fingerprint density at radius 2 is 2.17 bits per heavy atom. The van der Waals surface area contributed by atoms with Gasteiger partial charge in [0.05, 0.1) is 18.4 Å². The molecule has 0 bridgehead atoms. The summed E-state index contributed by atoms with van der Waals surface area (Å²) in [6, 6.07) is 10.8. The maximum atomic E-state index is 11.6. The third kappa shape index (κ3) is 2.03. The zero-order chi connectivity index (χ0) is 13.1. The van der Waals surface area contributed by atoms with Gasteiger partial charge in [0.1, 0.15) is 11.8 Å². The topological polar surface area (TPSA) is 55.0 Å². The summed E-state index contributed by atoms with van der Waals surface area (Å²) in [5, 5.41) is 9.13. The molecular formula is C13H9BrN2O2. The van der Waals surface area contributed by atoms with Crippen LogP contribution in [0.5, 0.6) is 0 Å². The fraction of sp³-hybridized carbons (Fsp3) is 0.0769. The van der Waals surface area contributed by atoms with E-state index in [2.05, 4.69) is 22.0 Å². The number of carbonyl (C=O) groups excluding carboxylic acids is 1. The van der Waals surface area contributed by atoms with Crippen molar-refractivity contribution in [3.8, 4) is 11.8 Å². The van der Waals surface area contributed by atoms with E-state index in [9.17, 15) is 4.79 Å². The van der Waals surface area contributed by atoms with Crippen molar-refractivity contribution >= 4 is 21.9 Å². The Labute approximate surface area is 113 Å². The van der Waals surface area contributed by atoms with Crippen molar-refractivity contribution in [3.63, 3.8) is 0 Å². The predicted molar refractivity (Wildman–Crippen MR) is 69.5 cm³/mol. The lowest BCUT2D eigenvalue weighted by molar-refractivity contribution is 0.0591. The zero-order valence-corrected chi connectivity index (χ0v) is 11.1. The van der Waals surface area contributed by atoms with E-state index in [-0.39, 0.29) is 0 Å². The molecule has 1 aromatic heterocycles. The van der Waals surface area contributed by atoms with Crippen LogP contribution in [0.2, 0.25) is 0 Å². The van der Waals surface area contributed by atoms with Crippen LogP contribution in [-0.2, 0) is 4.74 Å². The molecule has 0 aliphatic heterocycles. The minimum absolute atomic E-state index is 0.376. The van der Waals surface area contributed by atoms with E-state index >= 15 is 0 Å².